The van der Waals surface area contributed by atoms with E-state index in [1.807, 2.05) is 26.6 Å². The van der Waals surface area contributed by atoms with Crippen LogP contribution in [0.3, 0.4) is 0 Å². The molecule has 118 valence electrons. The second kappa shape index (κ2) is 11.3. The maximum absolute atomic E-state index is 12.6. The van der Waals surface area contributed by atoms with Crippen LogP contribution in [0.25, 0.3) is 0 Å². The van der Waals surface area contributed by atoms with Crippen molar-refractivity contribution in [1.29, 1.82) is 5.26 Å². The monoisotopic (exact) mass is 302 g/mol. The van der Waals surface area contributed by atoms with Crippen molar-refractivity contribution in [2.24, 2.45) is 0 Å². The van der Waals surface area contributed by atoms with Crippen LogP contribution in [0.1, 0.15) is 72.6 Å². The third-order valence-corrected chi connectivity index (χ3v) is 5.40. The first kappa shape index (κ1) is 19.6. The van der Waals surface area contributed by atoms with Crippen molar-refractivity contribution in [2.75, 3.05) is 13.2 Å². The van der Waals surface area contributed by atoms with E-state index in [9.17, 15) is 9.83 Å². The van der Waals surface area contributed by atoms with Gasteiger partial charge in [-0.3, -0.25) is 4.57 Å². The maximum atomic E-state index is 12.6. The minimum absolute atomic E-state index is 0.0602. The zero-order chi connectivity index (χ0) is 15.4. The number of hydrogen-bond donors (Lipinski definition) is 0. The Balaban J connectivity index is 4.17. The first-order valence-electron chi connectivity index (χ1n) is 7.94. The standard InChI is InChI=1S/C15H31N2O2P/c1-5-7-8-9-10-11-13-19-20(18,14-16)17(12-6-2)15(3)4/h15H,5-13H2,1-4H3. The van der Waals surface area contributed by atoms with Gasteiger partial charge in [-0.25, -0.2) is 4.67 Å². The van der Waals surface area contributed by atoms with Crippen LogP contribution < -0.4 is 0 Å². The molecular formula is C15H31N2O2P. The molecule has 1 unspecified atom stereocenters. The Hall–Kier alpha value is -0.360. The summed E-state index contributed by atoms with van der Waals surface area (Å²) in [6.07, 6.45) is 7.78. The summed E-state index contributed by atoms with van der Waals surface area (Å²) in [4.78, 5) is 0. The zero-order valence-corrected chi connectivity index (χ0v) is 14.5. The Morgan fingerprint density at radius 2 is 1.70 bits per heavy atom. The van der Waals surface area contributed by atoms with Crippen LogP contribution >= 0.6 is 7.52 Å². The predicted octanol–water partition coefficient (Wildman–Crippen LogP) is 5.16. The van der Waals surface area contributed by atoms with E-state index in [2.05, 4.69) is 6.92 Å². The van der Waals surface area contributed by atoms with Crippen LogP contribution in [0.5, 0.6) is 0 Å². The second-order valence-corrected chi connectivity index (χ2v) is 7.49. The molecule has 0 aliphatic heterocycles. The topological polar surface area (TPSA) is 53.3 Å². The summed E-state index contributed by atoms with van der Waals surface area (Å²) < 4.78 is 19.8. The molecule has 0 fully saturated rings. The highest BCUT2D eigenvalue weighted by Crippen LogP contribution is 2.51. The van der Waals surface area contributed by atoms with Crippen molar-refractivity contribution in [3.05, 3.63) is 0 Å². The molecule has 20 heavy (non-hydrogen) atoms. The molecule has 0 saturated carbocycles. The van der Waals surface area contributed by atoms with E-state index in [4.69, 9.17) is 4.52 Å². The fourth-order valence-corrected chi connectivity index (χ4v) is 3.92. The van der Waals surface area contributed by atoms with Crippen LogP contribution in [0.15, 0.2) is 0 Å². The van der Waals surface area contributed by atoms with Crippen molar-refractivity contribution >= 4 is 7.52 Å². The molecular weight excluding hydrogens is 271 g/mol. The molecule has 0 aromatic carbocycles. The van der Waals surface area contributed by atoms with Crippen LogP contribution in [-0.4, -0.2) is 23.9 Å². The SMILES string of the molecule is CCCCCCCCOP(=O)(C#N)N(CCC)C(C)C. The first-order chi connectivity index (χ1) is 9.51. The van der Waals surface area contributed by atoms with Crippen molar-refractivity contribution in [1.82, 2.24) is 4.67 Å². The van der Waals surface area contributed by atoms with E-state index in [0.29, 0.717) is 13.2 Å². The van der Waals surface area contributed by atoms with Gasteiger partial charge in [-0.15, -0.1) is 0 Å². The van der Waals surface area contributed by atoms with Crippen LogP contribution in [0, 0.1) is 11.1 Å². The maximum Gasteiger partial charge on any atom is 0.371 e. The van der Waals surface area contributed by atoms with E-state index in [1.165, 1.54) is 25.7 Å². The Bertz CT molecular complexity index is 326. The molecule has 0 amide bonds. The molecule has 0 aliphatic rings. The van der Waals surface area contributed by atoms with Gasteiger partial charge >= 0.3 is 7.52 Å². The van der Waals surface area contributed by atoms with Crippen LogP contribution in [0.2, 0.25) is 0 Å². The quantitative estimate of drug-likeness (QED) is 0.369. The fourth-order valence-electron chi connectivity index (χ4n) is 2.15. The molecule has 4 nitrogen and oxygen atoms in total. The van der Waals surface area contributed by atoms with Crippen molar-refractivity contribution in [2.45, 2.75) is 78.7 Å². The Kier molecular flexibility index (Phi) is 11.1. The number of rotatable bonds is 12. The smallest absolute Gasteiger partial charge is 0.307 e. The summed E-state index contributed by atoms with van der Waals surface area (Å²) >= 11 is 0. The zero-order valence-electron chi connectivity index (χ0n) is 13.6. The van der Waals surface area contributed by atoms with E-state index >= 15 is 0 Å². The minimum Gasteiger partial charge on any atom is -0.307 e. The summed E-state index contributed by atoms with van der Waals surface area (Å²) in [6.45, 7) is 9.18. The normalized spacial score (nSPS) is 14.4. The van der Waals surface area contributed by atoms with Gasteiger partial charge in [0.15, 0.2) is 5.81 Å². The molecule has 0 bridgehead atoms. The number of hydrogen-bond acceptors (Lipinski definition) is 3. The summed E-state index contributed by atoms with van der Waals surface area (Å²) in [5, 5.41) is 9.22. The van der Waals surface area contributed by atoms with Gasteiger partial charge in [0.1, 0.15) is 0 Å². The third kappa shape index (κ3) is 7.43. The molecule has 0 heterocycles. The summed E-state index contributed by atoms with van der Waals surface area (Å²) in [5.41, 5.74) is 0. The summed E-state index contributed by atoms with van der Waals surface area (Å²) in [6, 6.07) is 0.0602. The van der Waals surface area contributed by atoms with Crippen molar-refractivity contribution in [3.8, 4) is 5.81 Å². The first-order valence-corrected chi connectivity index (χ1v) is 9.52. The van der Waals surface area contributed by atoms with Gasteiger partial charge in [0.25, 0.3) is 0 Å². The molecule has 5 heteroatoms. The lowest BCUT2D eigenvalue weighted by molar-refractivity contribution is 0.242. The van der Waals surface area contributed by atoms with Gasteiger partial charge < -0.3 is 4.52 Å². The molecule has 0 radical (unpaired) electrons. The van der Waals surface area contributed by atoms with Gasteiger partial charge in [-0.2, -0.15) is 5.26 Å². The molecule has 0 N–H and O–H groups in total. The molecule has 0 aromatic rings. The highest BCUT2D eigenvalue weighted by Gasteiger charge is 2.33. The highest BCUT2D eigenvalue weighted by atomic mass is 31.2. The van der Waals surface area contributed by atoms with E-state index in [1.54, 1.807) is 4.67 Å². The van der Waals surface area contributed by atoms with E-state index < -0.39 is 7.52 Å². The van der Waals surface area contributed by atoms with Gasteiger partial charge in [0.05, 0.1) is 6.61 Å². The summed E-state index contributed by atoms with van der Waals surface area (Å²) in [7, 11) is -3.31. The number of nitriles is 1. The van der Waals surface area contributed by atoms with Gasteiger partial charge in [0, 0.05) is 12.6 Å². The molecule has 0 aliphatic carbocycles. The molecule has 0 spiro atoms. The van der Waals surface area contributed by atoms with E-state index in [-0.39, 0.29) is 6.04 Å². The number of unbranched alkanes of at least 4 members (excludes halogenated alkanes) is 5. The second-order valence-electron chi connectivity index (χ2n) is 5.48. The molecule has 0 rings (SSSR count). The van der Waals surface area contributed by atoms with Crippen molar-refractivity contribution in [3.63, 3.8) is 0 Å². The van der Waals surface area contributed by atoms with Crippen molar-refractivity contribution < 1.29 is 9.09 Å². The van der Waals surface area contributed by atoms with Gasteiger partial charge in [0.2, 0.25) is 0 Å². The average Bonchev–Trinajstić information content (AvgIpc) is 2.43. The summed E-state index contributed by atoms with van der Waals surface area (Å²) in [5.74, 6) is 1.92. The Labute approximate surface area is 125 Å². The minimum atomic E-state index is -3.31. The lowest BCUT2D eigenvalue weighted by Gasteiger charge is -2.29. The molecule has 0 aromatic heterocycles. The Morgan fingerprint density at radius 1 is 1.10 bits per heavy atom. The van der Waals surface area contributed by atoms with Gasteiger partial charge in [-0.05, 0) is 26.7 Å². The average molecular weight is 302 g/mol. The lowest BCUT2D eigenvalue weighted by Crippen LogP contribution is -2.29. The van der Waals surface area contributed by atoms with Crippen LogP contribution in [0.4, 0.5) is 0 Å². The predicted molar refractivity (Wildman–Crippen MR) is 84.7 cm³/mol. The fraction of sp³-hybridized carbons (Fsp3) is 0.933. The third-order valence-electron chi connectivity index (χ3n) is 3.28. The number of nitrogens with zero attached hydrogens (tertiary/aromatic N) is 2. The largest absolute Gasteiger partial charge is 0.371 e. The highest BCUT2D eigenvalue weighted by molar-refractivity contribution is 7.61. The lowest BCUT2D eigenvalue weighted by atomic mass is 10.1. The molecule has 1 atom stereocenters. The molecule has 0 saturated heterocycles. The van der Waals surface area contributed by atoms with Gasteiger partial charge in [-0.1, -0.05) is 46.0 Å². The van der Waals surface area contributed by atoms with Crippen LogP contribution in [-0.2, 0) is 9.09 Å². The van der Waals surface area contributed by atoms with E-state index in [0.717, 1.165) is 19.3 Å². The Morgan fingerprint density at radius 3 is 2.20 bits per heavy atom.